The zero-order valence-corrected chi connectivity index (χ0v) is 17.8. The van der Waals surface area contributed by atoms with Gasteiger partial charge in [-0.05, 0) is 49.4 Å². The van der Waals surface area contributed by atoms with Crippen molar-refractivity contribution in [3.63, 3.8) is 0 Å². The van der Waals surface area contributed by atoms with Crippen LogP contribution >= 0.6 is 27.5 Å². The minimum absolute atomic E-state index is 0.0226. The molecule has 2 heterocycles. The van der Waals surface area contributed by atoms with Gasteiger partial charge in [0, 0.05) is 26.0 Å². The molecule has 4 nitrogen and oxygen atoms in total. The number of benzene rings is 2. The van der Waals surface area contributed by atoms with Crippen LogP contribution in [0.25, 0.3) is 11.0 Å². The minimum atomic E-state index is -0.472. The molecule has 0 aliphatic rings. The largest absolute Gasteiger partial charge is 0.467 e. The third-order valence-electron chi connectivity index (χ3n) is 4.72. The summed E-state index contributed by atoms with van der Waals surface area (Å²) in [5.74, 6) is -0.0648. The van der Waals surface area contributed by atoms with Gasteiger partial charge in [0.25, 0.3) is 5.91 Å². The van der Waals surface area contributed by atoms with E-state index in [0.29, 0.717) is 11.3 Å². The SMILES string of the molecule is Cc1c(C(=O)N(Cc2ccco2)Cc2c(F)cccc2Cl)oc2cc(Br)ccc12. The van der Waals surface area contributed by atoms with E-state index < -0.39 is 5.82 Å². The number of nitrogens with zero attached hydrogens (tertiary/aromatic N) is 1. The molecule has 0 radical (unpaired) electrons. The number of aryl methyl sites for hydroxylation is 1. The Morgan fingerprint density at radius 2 is 2.00 bits per heavy atom. The fourth-order valence-corrected chi connectivity index (χ4v) is 3.77. The maximum atomic E-state index is 14.4. The first-order valence-electron chi connectivity index (χ1n) is 8.87. The number of hydrogen-bond acceptors (Lipinski definition) is 3. The van der Waals surface area contributed by atoms with Crippen LogP contribution in [-0.2, 0) is 13.1 Å². The summed E-state index contributed by atoms with van der Waals surface area (Å²) in [4.78, 5) is 14.8. The van der Waals surface area contributed by atoms with Crippen molar-refractivity contribution in [2.45, 2.75) is 20.0 Å². The van der Waals surface area contributed by atoms with Crippen LogP contribution < -0.4 is 0 Å². The van der Waals surface area contributed by atoms with Gasteiger partial charge in [-0.1, -0.05) is 33.6 Å². The molecule has 148 valence electrons. The summed E-state index contributed by atoms with van der Waals surface area (Å²) in [6, 6.07) is 13.5. The summed E-state index contributed by atoms with van der Waals surface area (Å²) < 4.78 is 26.5. The summed E-state index contributed by atoms with van der Waals surface area (Å²) in [6.45, 7) is 1.95. The Morgan fingerprint density at radius 1 is 1.17 bits per heavy atom. The van der Waals surface area contributed by atoms with Crippen molar-refractivity contribution in [2.75, 3.05) is 0 Å². The lowest BCUT2D eigenvalue weighted by atomic mass is 10.1. The van der Waals surface area contributed by atoms with Crippen LogP contribution in [0.15, 0.2) is 68.1 Å². The number of carbonyl (C=O) groups is 1. The molecule has 0 atom stereocenters. The molecule has 2 aromatic heterocycles. The van der Waals surface area contributed by atoms with E-state index in [0.717, 1.165) is 15.4 Å². The lowest BCUT2D eigenvalue weighted by Crippen LogP contribution is -2.30. The van der Waals surface area contributed by atoms with Crippen LogP contribution in [0.1, 0.15) is 27.4 Å². The van der Waals surface area contributed by atoms with Crippen LogP contribution in [-0.4, -0.2) is 10.8 Å². The van der Waals surface area contributed by atoms with Gasteiger partial charge >= 0.3 is 0 Å². The van der Waals surface area contributed by atoms with E-state index in [4.69, 9.17) is 20.4 Å². The molecule has 4 aromatic rings. The third-order valence-corrected chi connectivity index (χ3v) is 5.57. The molecule has 0 aliphatic heterocycles. The molecule has 0 aliphatic carbocycles. The third kappa shape index (κ3) is 3.95. The zero-order valence-electron chi connectivity index (χ0n) is 15.4. The highest BCUT2D eigenvalue weighted by Gasteiger charge is 2.26. The molecule has 0 saturated heterocycles. The molecule has 4 rings (SSSR count). The van der Waals surface area contributed by atoms with Gasteiger partial charge in [-0.3, -0.25) is 4.79 Å². The van der Waals surface area contributed by atoms with E-state index in [-0.39, 0.29) is 35.3 Å². The van der Waals surface area contributed by atoms with E-state index >= 15 is 0 Å². The Morgan fingerprint density at radius 3 is 2.72 bits per heavy atom. The number of fused-ring (bicyclic) bond motifs is 1. The Hall–Kier alpha value is -2.57. The fourth-order valence-electron chi connectivity index (χ4n) is 3.21. The highest BCUT2D eigenvalue weighted by Crippen LogP contribution is 2.30. The average molecular weight is 477 g/mol. The van der Waals surface area contributed by atoms with Crippen molar-refractivity contribution < 1.29 is 18.0 Å². The lowest BCUT2D eigenvalue weighted by Gasteiger charge is -2.22. The van der Waals surface area contributed by atoms with Gasteiger partial charge in [-0.15, -0.1) is 0 Å². The number of carbonyl (C=O) groups excluding carboxylic acids is 1. The summed E-state index contributed by atoms with van der Waals surface area (Å²) in [6.07, 6.45) is 1.53. The summed E-state index contributed by atoms with van der Waals surface area (Å²) >= 11 is 9.60. The van der Waals surface area contributed by atoms with Crippen molar-refractivity contribution >= 4 is 44.4 Å². The normalized spacial score (nSPS) is 11.2. The van der Waals surface area contributed by atoms with Crippen LogP contribution in [0.2, 0.25) is 5.02 Å². The van der Waals surface area contributed by atoms with Crippen molar-refractivity contribution in [1.82, 2.24) is 4.90 Å². The Bertz CT molecular complexity index is 1170. The second-order valence-corrected chi connectivity index (χ2v) is 7.96. The van der Waals surface area contributed by atoms with Crippen molar-refractivity contribution in [3.8, 4) is 0 Å². The van der Waals surface area contributed by atoms with Gasteiger partial charge in [0.05, 0.1) is 19.4 Å². The maximum Gasteiger partial charge on any atom is 0.290 e. The quantitative estimate of drug-likeness (QED) is 0.321. The van der Waals surface area contributed by atoms with Gasteiger partial charge in [-0.25, -0.2) is 4.39 Å². The number of furan rings is 2. The second-order valence-electron chi connectivity index (χ2n) is 6.64. The van der Waals surface area contributed by atoms with Crippen LogP contribution in [0.5, 0.6) is 0 Å². The molecule has 1 amide bonds. The average Bonchev–Trinajstić information content (AvgIpc) is 3.31. The number of halogens is 3. The van der Waals surface area contributed by atoms with Crippen molar-refractivity contribution in [1.29, 1.82) is 0 Å². The first kappa shape index (κ1) is 19.7. The molecule has 7 heteroatoms. The van der Waals surface area contributed by atoms with Crippen LogP contribution in [0.4, 0.5) is 4.39 Å². The van der Waals surface area contributed by atoms with E-state index in [1.807, 2.05) is 25.1 Å². The molecule has 0 unspecified atom stereocenters. The summed E-state index contributed by atoms with van der Waals surface area (Å²) in [5, 5.41) is 1.10. The first-order valence-corrected chi connectivity index (χ1v) is 10.0. The topological polar surface area (TPSA) is 46.6 Å². The summed E-state index contributed by atoms with van der Waals surface area (Å²) in [7, 11) is 0. The highest BCUT2D eigenvalue weighted by atomic mass is 79.9. The first-order chi connectivity index (χ1) is 13.9. The van der Waals surface area contributed by atoms with Gasteiger partial charge in [-0.2, -0.15) is 0 Å². The molecule has 2 aromatic carbocycles. The van der Waals surface area contributed by atoms with Crippen molar-refractivity contribution in [2.24, 2.45) is 0 Å². The number of hydrogen-bond donors (Lipinski definition) is 0. The van der Waals surface area contributed by atoms with Gasteiger partial charge in [0.2, 0.25) is 0 Å². The van der Waals surface area contributed by atoms with E-state index in [1.165, 1.54) is 23.3 Å². The second kappa shape index (κ2) is 8.05. The molecule has 0 bridgehead atoms. The monoisotopic (exact) mass is 475 g/mol. The van der Waals surface area contributed by atoms with Crippen LogP contribution in [0, 0.1) is 12.7 Å². The molecular weight excluding hydrogens is 461 g/mol. The number of amides is 1. The lowest BCUT2D eigenvalue weighted by molar-refractivity contribution is 0.0685. The molecule has 0 fully saturated rings. The van der Waals surface area contributed by atoms with Crippen molar-refractivity contribution in [3.05, 3.63) is 92.8 Å². The maximum absolute atomic E-state index is 14.4. The summed E-state index contributed by atoms with van der Waals surface area (Å²) in [5.41, 5.74) is 1.56. The molecule has 29 heavy (non-hydrogen) atoms. The van der Waals surface area contributed by atoms with E-state index in [1.54, 1.807) is 18.2 Å². The predicted octanol–water partition coefficient (Wildman–Crippen LogP) is 6.73. The molecule has 0 spiro atoms. The fraction of sp³-hybridized carbons (Fsp3) is 0.136. The standard InChI is InChI=1S/C22H16BrClFNO3/c1-13-16-8-7-14(23)10-20(16)29-21(13)22(27)26(11-15-4-3-9-28-15)12-17-18(24)5-2-6-19(17)25/h2-10H,11-12H2,1H3. The Balaban J connectivity index is 1.74. The molecule has 0 N–H and O–H groups in total. The van der Waals surface area contributed by atoms with E-state index in [2.05, 4.69) is 15.9 Å². The molecule has 0 saturated carbocycles. The Kier molecular flexibility index (Phi) is 5.48. The zero-order chi connectivity index (χ0) is 20.5. The van der Waals surface area contributed by atoms with Crippen LogP contribution in [0.3, 0.4) is 0 Å². The predicted molar refractivity (Wildman–Crippen MR) is 112 cm³/mol. The highest BCUT2D eigenvalue weighted by molar-refractivity contribution is 9.10. The van der Waals surface area contributed by atoms with E-state index in [9.17, 15) is 9.18 Å². The number of rotatable bonds is 5. The Labute approximate surface area is 180 Å². The van der Waals surface area contributed by atoms with Gasteiger partial charge < -0.3 is 13.7 Å². The minimum Gasteiger partial charge on any atom is -0.467 e. The smallest absolute Gasteiger partial charge is 0.290 e. The van der Waals surface area contributed by atoms with Gasteiger partial charge in [0.1, 0.15) is 17.2 Å². The van der Waals surface area contributed by atoms with Gasteiger partial charge in [0.15, 0.2) is 5.76 Å². The molecular formula is C22H16BrClFNO3.